The molecule has 2 atom stereocenters. The van der Waals surface area contributed by atoms with Gasteiger partial charge < -0.3 is 5.11 Å². The lowest BCUT2D eigenvalue weighted by Crippen LogP contribution is -2.16. The van der Waals surface area contributed by atoms with Crippen molar-refractivity contribution in [2.24, 2.45) is 17.8 Å². The number of hydrogen-bond acceptors (Lipinski definition) is 3. The van der Waals surface area contributed by atoms with Gasteiger partial charge in [0.15, 0.2) is 0 Å². The molecular formula is C25H38N2O. The van der Waals surface area contributed by atoms with Crippen LogP contribution in [0.4, 0.5) is 0 Å². The van der Waals surface area contributed by atoms with Gasteiger partial charge in [-0.05, 0) is 54.7 Å². The van der Waals surface area contributed by atoms with Crippen LogP contribution in [0, 0.1) is 17.8 Å². The maximum Gasteiger partial charge on any atom is 0.124 e. The van der Waals surface area contributed by atoms with E-state index in [1.807, 2.05) is 6.08 Å². The molecule has 0 aliphatic heterocycles. The van der Waals surface area contributed by atoms with Crippen LogP contribution in [0.3, 0.4) is 0 Å². The fourth-order valence-corrected chi connectivity index (χ4v) is 4.32. The van der Waals surface area contributed by atoms with Crippen molar-refractivity contribution in [1.29, 1.82) is 0 Å². The van der Waals surface area contributed by atoms with Crippen molar-refractivity contribution < 1.29 is 5.11 Å². The average Bonchev–Trinajstić information content (AvgIpc) is 2.85. The number of nitrogens with zero attached hydrogens (tertiary/aromatic N) is 2. The van der Waals surface area contributed by atoms with Crippen molar-refractivity contribution in [2.45, 2.75) is 79.1 Å². The minimum absolute atomic E-state index is 0.204. The van der Waals surface area contributed by atoms with Crippen molar-refractivity contribution in [2.75, 3.05) is 0 Å². The minimum atomic E-state index is 0.204. The molecule has 0 aromatic carbocycles. The molecule has 3 heteroatoms. The average molecular weight is 383 g/mol. The van der Waals surface area contributed by atoms with Crippen LogP contribution in [0.5, 0.6) is 0 Å². The molecule has 1 heterocycles. The molecule has 0 amide bonds. The Morgan fingerprint density at radius 3 is 2.68 bits per heavy atom. The lowest BCUT2D eigenvalue weighted by molar-refractivity contribution is 0.283. The molecule has 0 spiro atoms. The molecule has 1 aliphatic carbocycles. The summed E-state index contributed by atoms with van der Waals surface area (Å²) in [6.07, 6.45) is 15.1. The van der Waals surface area contributed by atoms with E-state index in [9.17, 15) is 5.11 Å². The number of aliphatic hydroxyl groups is 1. The third-order valence-corrected chi connectivity index (χ3v) is 5.90. The molecule has 2 rings (SSSR count). The van der Waals surface area contributed by atoms with Crippen molar-refractivity contribution in [3.8, 4) is 0 Å². The minimum Gasteiger partial charge on any atom is -0.507 e. The number of aromatic nitrogens is 2. The molecule has 3 nitrogen and oxygen atoms in total. The van der Waals surface area contributed by atoms with Crippen molar-refractivity contribution in [1.82, 2.24) is 10.2 Å². The highest BCUT2D eigenvalue weighted by atomic mass is 16.3. The molecular weight excluding hydrogens is 344 g/mol. The number of aryl methyl sites for hydroxylation is 1. The van der Waals surface area contributed by atoms with Crippen LogP contribution >= 0.6 is 0 Å². The summed E-state index contributed by atoms with van der Waals surface area (Å²) in [7, 11) is 0. The van der Waals surface area contributed by atoms with Crippen LogP contribution in [0.25, 0.3) is 5.57 Å². The molecule has 0 saturated heterocycles. The Kier molecular flexibility index (Phi) is 8.95. The van der Waals surface area contributed by atoms with Crippen molar-refractivity contribution >= 4 is 5.57 Å². The molecule has 2 unspecified atom stereocenters. The molecule has 0 radical (unpaired) electrons. The lowest BCUT2D eigenvalue weighted by atomic mass is 9.82. The number of fused-ring (bicyclic) bond motifs is 1. The Morgan fingerprint density at radius 1 is 1.25 bits per heavy atom. The van der Waals surface area contributed by atoms with Gasteiger partial charge in [-0.25, -0.2) is 0 Å². The first kappa shape index (κ1) is 22.4. The molecule has 0 bridgehead atoms. The van der Waals surface area contributed by atoms with Gasteiger partial charge in [-0.2, -0.15) is 10.2 Å². The predicted molar refractivity (Wildman–Crippen MR) is 119 cm³/mol. The second kappa shape index (κ2) is 11.2. The number of unbranched alkanes of at least 4 members (excludes halogenated alkanes) is 2. The van der Waals surface area contributed by atoms with Crippen LogP contribution in [0.15, 0.2) is 36.6 Å². The zero-order valence-corrected chi connectivity index (χ0v) is 18.2. The maximum absolute atomic E-state index is 10.5. The van der Waals surface area contributed by atoms with Crippen LogP contribution in [-0.2, 0) is 12.8 Å². The summed E-state index contributed by atoms with van der Waals surface area (Å²) >= 11 is 0. The number of allylic oxidation sites excluding steroid dienone is 4. The molecule has 0 fully saturated rings. The van der Waals surface area contributed by atoms with E-state index in [4.69, 9.17) is 0 Å². The Balaban J connectivity index is 2.30. The molecule has 28 heavy (non-hydrogen) atoms. The van der Waals surface area contributed by atoms with Gasteiger partial charge in [-0.1, -0.05) is 78.5 Å². The summed E-state index contributed by atoms with van der Waals surface area (Å²) in [5.41, 5.74) is 3.98. The Morgan fingerprint density at radius 2 is 2.04 bits per heavy atom. The van der Waals surface area contributed by atoms with Gasteiger partial charge >= 0.3 is 0 Å². The van der Waals surface area contributed by atoms with E-state index >= 15 is 0 Å². The zero-order chi connectivity index (χ0) is 20.5. The van der Waals surface area contributed by atoms with Crippen LogP contribution in [0.1, 0.15) is 83.2 Å². The summed E-state index contributed by atoms with van der Waals surface area (Å²) in [4.78, 5) is 0. The van der Waals surface area contributed by atoms with Gasteiger partial charge in [0.1, 0.15) is 5.76 Å². The summed E-state index contributed by atoms with van der Waals surface area (Å²) in [6.45, 7) is 12.5. The van der Waals surface area contributed by atoms with E-state index < -0.39 is 0 Å². The fourth-order valence-electron chi connectivity index (χ4n) is 4.32. The first-order valence-corrected chi connectivity index (χ1v) is 11.1. The van der Waals surface area contributed by atoms with Crippen LogP contribution in [0.2, 0.25) is 0 Å². The molecule has 1 aromatic rings. The second-order valence-corrected chi connectivity index (χ2v) is 8.48. The molecule has 1 aliphatic rings. The molecule has 0 saturated carbocycles. The fraction of sp³-hybridized carbons (Fsp3) is 0.600. The first-order valence-electron chi connectivity index (χ1n) is 11.1. The van der Waals surface area contributed by atoms with Crippen LogP contribution < -0.4 is 0 Å². The van der Waals surface area contributed by atoms with E-state index in [0.717, 1.165) is 35.7 Å². The van der Waals surface area contributed by atoms with Gasteiger partial charge in [0.05, 0.1) is 11.4 Å². The quantitative estimate of drug-likeness (QED) is 0.220. The molecule has 1 N–H and O–H groups in total. The lowest BCUT2D eigenvalue weighted by Gasteiger charge is -2.23. The third kappa shape index (κ3) is 6.05. The first-order chi connectivity index (χ1) is 13.5. The zero-order valence-electron chi connectivity index (χ0n) is 18.2. The Hall–Kier alpha value is -1.90. The van der Waals surface area contributed by atoms with E-state index in [1.54, 1.807) is 12.2 Å². The van der Waals surface area contributed by atoms with E-state index in [2.05, 4.69) is 50.5 Å². The topological polar surface area (TPSA) is 46.0 Å². The van der Waals surface area contributed by atoms with Gasteiger partial charge in [-0.15, -0.1) is 0 Å². The van der Waals surface area contributed by atoms with E-state index in [1.165, 1.54) is 44.1 Å². The highest BCUT2D eigenvalue weighted by molar-refractivity contribution is 5.75. The Bertz CT molecular complexity index is 702. The highest BCUT2D eigenvalue weighted by Crippen LogP contribution is 2.34. The van der Waals surface area contributed by atoms with Gasteiger partial charge in [0.2, 0.25) is 0 Å². The summed E-state index contributed by atoms with van der Waals surface area (Å²) in [5.74, 6) is 2.01. The van der Waals surface area contributed by atoms with Gasteiger partial charge in [0, 0.05) is 5.57 Å². The third-order valence-electron chi connectivity index (χ3n) is 5.90. The maximum atomic E-state index is 10.5. The largest absolute Gasteiger partial charge is 0.507 e. The Labute approximate surface area is 171 Å². The van der Waals surface area contributed by atoms with E-state index in [-0.39, 0.29) is 5.76 Å². The number of hydrogen-bond donors (Lipinski definition) is 1. The smallest absolute Gasteiger partial charge is 0.124 e. The molecule has 154 valence electrons. The summed E-state index contributed by atoms with van der Waals surface area (Å²) in [5, 5.41) is 19.6. The highest BCUT2D eigenvalue weighted by Gasteiger charge is 2.26. The SMILES string of the molecule is C=C/C=C(O)\C(=C/C(C)C)c1cc2c(nn1)CC(CC)C(CCCCC)CC2. The second-order valence-electron chi connectivity index (χ2n) is 8.48. The normalized spacial score (nSPS) is 20.8. The van der Waals surface area contributed by atoms with Crippen LogP contribution in [-0.4, -0.2) is 15.3 Å². The number of rotatable bonds is 9. The van der Waals surface area contributed by atoms with Gasteiger partial charge in [-0.3, -0.25) is 0 Å². The molecule has 1 aromatic heterocycles. The monoisotopic (exact) mass is 382 g/mol. The predicted octanol–water partition coefficient (Wildman–Crippen LogP) is 6.86. The van der Waals surface area contributed by atoms with Crippen molar-refractivity contribution in [3.05, 3.63) is 53.6 Å². The standard InChI is InChI=1S/C25H38N2O/c1-6-9-10-12-20-13-14-21-17-24(27-26-23(21)16-19(20)8-3)22(15-18(4)5)25(28)11-7-2/h7,11,15,17-20,28H,2,6,8-10,12-14,16H2,1,3-5H3/b22-15-,25-11+. The summed E-state index contributed by atoms with van der Waals surface area (Å²) < 4.78 is 0. The number of aliphatic hydroxyl groups excluding tert-OH is 1. The van der Waals surface area contributed by atoms with Crippen molar-refractivity contribution in [3.63, 3.8) is 0 Å². The van der Waals surface area contributed by atoms with Gasteiger partial charge in [0.25, 0.3) is 0 Å². The van der Waals surface area contributed by atoms with E-state index in [0.29, 0.717) is 11.8 Å². The summed E-state index contributed by atoms with van der Waals surface area (Å²) in [6, 6.07) is 2.16.